The zero-order chi connectivity index (χ0) is 37.9. The first-order chi connectivity index (χ1) is 26.2. The first-order valence-corrected chi connectivity index (χ1v) is 18.7. The Balaban J connectivity index is 1.34. The molecule has 4 aromatic carbocycles. The SMILES string of the molecule is O=C1COc2ccc(cc2)C[C@@H](C(=O)O)CC(=O)[C@H](Cc2ccccc2)NC(=O)[C@H](Cc2ccc(-c3ccccc3)cc2)NC(=O)[C@H](Cc2cccs2)N1. The fourth-order valence-electron chi connectivity index (χ4n) is 6.41. The molecule has 0 saturated heterocycles. The van der Waals surface area contributed by atoms with Crippen molar-refractivity contribution in [3.63, 3.8) is 0 Å². The molecular weight excluding hydrogens is 703 g/mol. The number of amides is 3. The molecule has 276 valence electrons. The summed E-state index contributed by atoms with van der Waals surface area (Å²) in [7, 11) is 0. The molecule has 4 atom stereocenters. The molecule has 2 aliphatic rings. The van der Waals surface area contributed by atoms with Crippen molar-refractivity contribution in [1.29, 1.82) is 0 Å². The van der Waals surface area contributed by atoms with Gasteiger partial charge < -0.3 is 25.8 Å². The third-order valence-electron chi connectivity index (χ3n) is 9.33. The van der Waals surface area contributed by atoms with Gasteiger partial charge in [-0.2, -0.15) is 0 Å². The molecule has 1 aromatic heterocycles. The van der Waals surface area contributed by atoms with Crippen LogP contribution < -0.4 is 20.7 Å². The van der Waals surface area contributed by atoms with Crippen LogP contribution in [0, 0.1) is 5.92 Å². The maximum atomic E-state index is 14.3. The number of carbonyl (C=O) groups is 5. The minimum absolute atomic E-state index is 0.0654. The Hall–Kier alpha value is -6.07. The molecule has 4 N–H and O–H groups in total. The van der Waals surface area contributed by atoms with E-state index >= 15 is 0 Å². The van der Waals surface area contributed by atoms with Crippen molar-refractivity contribution in [3.8, 4) is 16.9 Å². The van der Waals surface area contributed by atoms with E-state index in [9.17, 15) is 29.1 Å². The van der Waals surface area contributed by atoms with Crippen molar-refractivity contribution in [3.05, 3.63) is 148 Å². The number of carbonyl (C=O) groups excluding carboxylic acids is 4. The molecule has 7 rings (SSSR count). The van der Waals surface area contributed by atoms with Gasteiger partial charge in [0.15, 0.2) is 12.4 Å². The number of carboxylic acid groups (broad SMARTS) is 1. The molecular formula is C43H41N3O7S. The predicted molar refractivity (Wildman–Crippen MR) is 206 cm³/mol. The van der Waals surface area contributed by atoms with Crippen molar-refractivity contribution >= 4 is 40.8 Å². The molecule has 0 fully saturated rings. The average Bonchev–Trinajstić information content (AvgIpc) is 3.70. The van der Waals surface area contributed by atoms with Crippen molar-refractivity contribution in [2.24, 2.45) is 5.92 Å². The van der Waals surface area contributed by atoms with Gasteiger partial charge in [-0.05, 0) is 64.2 Å². The van der Waals surface area contributed by atoms with E-state index in [1.54, 1.807) is 24.3 Å². The largest absolute Gasteiger partial charge is 0.484 e. The Morgan fingerprint density at radius 1 is 0.630 bits per heavy atom. The number of hydrogen-bond donors (Lipinski definition) is 4. The second-order valence-electron chi connectivity index (χ2n) is 13.3. The van der Waals surface area contributed by atoms with Gasteiger partial charge in [-0.3, -0.25) is 24.0 Å². The van der Waals surface area contributed by atoms with Crippen LogP contribution in [-0.2, 0) is 49.7 Å². The van der Waals surface area contributed by atoms with Crippen molar-refractivity contribution in [2.75, 3.05) is 6.61 Å². The van der Waals surface area contributed by atoms with Gasteiger partial charge in [0.1, 0.15) is 17.8 Å². The van der Waals surface area contributed by atoms with E-state index in [0.29, 0.717) is 11.3 Å². The third kappa shape index (κ3) is 10.5. The minimum Gasteiger partial charge on any atom is -0.484 e. The summed E-state index contributed by atoms with van der Waals surface area (Å²) in [5, 5.41) is 20.6. The summed E-state index contributed by atoms with van der Waals surface area (Å²) >= 11 is 1.44. The van der Waals surface area contributed by atoms with Crippen LogP contribution in [0.1, 0.15) is 28.0 Å². The van der Waals surface area contributed by atoms with E-state index in [1.165, 1.54) is 11.3 Å². The Kier molecular flexibility index (Phi) is 12.6. The second-order valence-corrected chi connectivity index (χ2v) is 14.4. The summed E-state index contributed by atoms with van der Waals surface area (Å²) in [4.78, 5) is 68.9. The highest BCUT2D eigenvalue weighted by molar-refractivity contribution is 7.09. The summed E-state index contributed by atoms with van der Waals surface area (Å²) < 4.78 is 5.70. The monoisotopic (exact) mass is 743 g/mol. The molecule has 11 heteroatoms. The number of hydrogen-bond acceptors (Lipinski definition) is 7. The van der Waals surface area contributed by atoms with Crippen LogP contribution in [0.5, 0.6) is 5.75 Å². The Morgan fingerprint density at radius 2 is 1.22 bits per heavy atom. The number of ether oxygens (including phenoxy) is 1. The molecule has 0 spiro atoms. The van der Waals surface area contributed by atoms with Gasteiger partial charge in [0.05, 0.1) is 12.0 Å². The van der Waals surface area contributed by atoms with Gasteiger partial charge >= 0.3 is 5.97 Å². The summed E-state index contributed by atoms with van der Waals surface area (Å²) in [6.45, 7) is -0.376. The number of ketones is 1. The number of aliphatic carboxylic acids is 1. The summed E-state index contributed by atoms with van der Waals surface area (Å²) in [5.74, 6) is -4.01. The average molecular weight is 744 g/mol. The number of fused-ring (bicyclic) bond motifs is 16. The van der Waals surface area contributed by atoms with Crippen LogP contribution in [0.3, 0.4) is 0 Å². The highest BCUT2D eigenvalue weighted by Crippen LogP contribution is 2.22. The summed E-state index contributed by atoms with van der Waals surface area (Å²) in [6.07, 6.45) is 0.108. The number of rotatable bonds is 8. The van der Waals surface area contributed by atoms with Crippen LogP contribution in [0.4, 0.5) is 0 Å². The van der Waals surface area contributed by atoms with Gasteiger partial charge in [-0.15, -0.1) is 11.3 Å². The molecule has 10 nitrogen and oxygen atoms in total. The standard InChI is InChI=1S/C43H41N3O7S/c47-39-25-33(43(51)52)22-29-15-19-34(20-16-29)53-27-40(48)44-38(26-35-12-7-21-54-35)42(50)46-37(41(49)45-36(39)23-28-8-3-1-4-9-28)24-30-13-17-32(18-14-30)31-10-5-2-6-11-31/h1-21,33,36-38H,22-27H2,(H,44,48)(H,45,49)(H,46,50)(H,51,52)/t33-,36+,37+,38+/m1/s1. The molecule has 0 saturated carbocycles. The summed E-state index contributed by atoms with van der Waals surface area (Å²) in [5.41, 5.74) is 4.19. The molecule has 3 amide bonds. The number of thiophene rings is 1. The van der Waals surface area contributed by atoms with E-state index in [2.05, 4.69) is 16.0 Å². The highest BCUT2D eigenvalue weighted by atomic mass is 32.1. The zero-order valence-corrected chi connectivity index (χ0v) is 30.3. The minimum atomic E-state index is -1.15. The topological polar surface area (TPSA) is 151 Å². The van der Waals surface area contributed by atoms with E-state index < -0.39 is 53.5 Å². The number of nitrogens with one attached hydrogen (secondary N) is 3. The van der Waals surface area contributed by atoms with Crippen molar-refractivity contribution < 1.29 is 33.8 Å². The van der Waals surface area contributed by atoms with Crippen molar-refractivity contribution in [2.45, 2.75) is 50.2 Å². The van der Waals surface area contributed by atoms with Gasteiger partial charge in [0.2, 0.25) is 11.8 Å². The first-order valence-electron chi connectivity index (χ1n) is 17.8. The Labute approximate surface area is 317 Å². The fourth-order valence-corrected chi connectivity index (χ4v) is 7.16. The third-order valence-corrected chi connectivity index (χ3v) is 10.2. The van der Waals surface area contributed by atoms with E-state index in [-0.39, 0.29) is 38.7 Å². The Bertz CT molecular complexity index is 2040. The van der Waals surface area contributed by atoms with Crippen molar-refractivity contribution in [1.82, 2.24) is 16.0 Å². The predicted octanol–water partition coefficient (Wildman–Crippen LogP) is 5.19. The highest BCUT2D eigenvalue weighted by Gasteiger charge is 2.32. The normalized spacial score (nSPS) is 20.0. The van der Waals surface area contributed by atoms with Crippen LogP contribution in [0.15, 0.2) is 127 Å². The first kappa shape index (κ1) is 37.7. The van der Waals surface area contributed by atoms with Gasteiger partial charge in [0.25, 0.3) is 5.91 Å². The van der Waals surface area contributed by atoms with Crippen LogP contribution in [0.25, 0.3) is 11.1 Å². The fraction of sp³-hybridized carbons (Fsp3) is 0.233. The molecule has 0 aliphatic carbocycles. The molecule has 2 aliphatic heterocycles. The lowest BCUT2D eigenvalue weighted by Gasteiger charge is -2.26. The smallest absolute Gasteiger partial charge is 0.307 e. The molecule has 0 radical (unpaired) electrons. The van der Waals surface area contributed by atoms with E-state index in [1.807, 2.05) is 102 Å². The van der Waals surface area contributed by atoms with Gasteiger partial charge in [-0.1, -0.05) is 103 Å². The lowest BCUT2D eigenvalue weighted by atomic mass is 9.90. The van der Waals surface area contributed by atoms with Gasteiger partial charge in [0, 0.05) is 24.1 Å². The van der Waals surface area contributed by atoms with Crippen LogP contribution in [-0.4, -0.2) is 59.3 Å². The summed E-state index contributed by atoms with van der Waals surface area (Å²) in [6, 6.07) is 33.7. The van der Waals surface area contributed by atoms with Crippen LogP contribution in [0.2, 0.25) is 0 Å². The molecule has 2 bridgehead atoms. The maximum Gasteiger partial charge on any atom is 0.307 e. The Morgan fingerprint density at radius 3 is 1.87 bits per heavy atom. The lowest BCUT2D eigenvalue weighted by Crippen LogP contribution is -2.57. The number of benzene rings is 4. The molecule has 0 unspecified atom stereocenters. The van der Waals surface area contributed by atoms with Crippen LogP contribution >= 0.6 is 11.3 Å². The van der Waals surface area contributed by atoms with E-state index in [4.69, 9.17) is 4.74 Å². The number of carboxylic acids is 1. The quantitative estimate of drug-likeness (QED) is 0.160. The molecule has 5 aromatic rings. The van der Waals surface area contributed by atoms with Gasteiger partial charge in [-0.25, -0.2) is 0 Å². The van der Waals surface area contributed by atoms with E-state index in [0.717, 1.165) is 27.1 Å². The molecule has 54 heavy (non-hydrogen) atoms. The maximum absolute atomic E-state index is 14.3. The number of Topliss-reactive ketones (excluding diaryl/α,β-unsaturated/α-hetero) is 1. The molecule has 3 heterocycles. The lowest BCUT2D eigenvalue weighted by molar-refractivity contribution is -0.144. The second kappa shape index (κ2) is 18.1. The zero-order valence-electron chi connectivity index (χ0n) is 29.5.